The van der Waals surface area contributed by atoms with Gasteiger partial charge in [0.2, 0.25) is 5.91 Å². The predicted octanol–water partition coefficient (Wildman–Crippen LogP) is 3.07. The van der Waals surface area contributed by atoms with E-state index in [1.807, 2.05) is 24.3 Å². The van der Waals surface area contributed by atoms with Crippen molar-refractivity contribution >= 4 is 5.91 Å². The molecule has 0 saturated heterocycles. The number of hydrogen-bond acceptors (Lipinski definition) is 2. The first-order valence-electron chi connectivity index (χ1n) is 7.82. The van der Waals surface area contributed by atoms with Gasteiger partial charge in [-0.05, 0) is 36.8 Å². The van der Waals surface area contributed by atoms with Crippen LogP contribution >= 0.6 is 0 Å². The molecule has 0 aromatic heterocycles. The first-order valence-corrected chi connectivity index (χ1v) is 7.82. The second-order valence-corrected chi connectivity index (χ2v) is 6.01. The Morgan fingerprint density at radius 2 is 1.77 bits per heavy atom. The van der Waals surface area contributed by atoms with Crippen LogP contribution in [0.2, 0.25) is 0 Å². The predicted molar refractivity (Wildman–Crippen MR) is 86.6 cm³/mol. The maximum Gasteiger partial charge on any atom is 0.224 e. The SMILES string of the molecule is O=C(Cc1ccccc1O)N[C@H](Cc1ccccc1)C1CC1. The van der Waals surface area contributed by atoms with Crippen LogP contribution in [-0.2, 0) is 17.6 Å². The van der Waals surface area contributed by atoms with Gasteiger partial charge in [-0.2, -0.15) is 0 Å². The fourth-order valence-electron chi connectivity index (χ4n) is 2.79. The highest BCUT2D eigenvalue weighted by molar-refractivity contribution is 5.79. The highest BCUT2D eigenvalue weighted by Gasteiger charge is 2.32. The number of phenolic OH excluding ortho intramolecular Hbond substituents is 1. The van der Waals surface area contributed by atoms with E-state index >= 15 is 0 Å². The maximum atomic E-state index is 12.3. The first kappa shape index (κ1) is 14.6. The van der Waals surface area contributed by atoms with Crippen molar-refractivity contribution in [2.45, 2.75) is 31.7 Å². The largest absolute Gasteiger partial charge is 0.508 e. The van der Waals surface area contributed by atoms with Crippen molar-refractivity contribution in [3.63, 3.8) is 0 Å². The van der Waals surface area contributed by atoms with Crippen molar-refractivity contribution in [2.75, 3.05) is 0 Å². The molecule has 3 nitrogen and oxygen atoms in total. The van der Waals surface area contributed by atoms with Crippen molar-refractivity contribution in [1.29, 1.82) is 0 Å². The molecule has 2 aromatic carbocycles. The standard InChI is InChI=1S/C19H21NO2/c21-18-9-5-4-8-16(18)13-19(22)20-17(15-10-11-15)12-14-6-2-1-3-7-14/h1-9,15,17,21H,10-13H2,(H,20,22)/t17-/m1/s1. The van der Waals surface area contributed by atoms with Crippen molar-refractivity contribution in [3.8, 4) is 5.75 Å². The summed E-state index contributed by atoms with van der Waals surface area (Å²) in [6.07, 6.45) is 3.48. The minimum Gasteiger partial charge on any atom is -0.508 e. The lowest BCUT2D eigenvalue weighted by molar-refractivity contribution is -0.121. The lowest BCUT2D eigenvalue weighted by Crippen LogP contribution is -2.39. The normalized spacial score (nSPS) is 15.3. The number of carbonyl (C=O) groups is 1. The number of amides is 1. The summed E-state index contributed by atoms with van der Waals surface area (Å²) in [5.41, 5.74) is 1.93. The highest BCUT2D eigenvalue weighted by Crippen LogP contribution is 2.34. The molecule has 0 spiro atoms. The van der Waals surface area contributed by atoms with Gasteiger partial charge in [0.05, 0.1) is 6.42 Å². The Bertz CT molecular complexity index is 635. The van der Waals surface area contributed by atoms with E-state index in [1.165, 1.54) is 18.4 Å². The second kappa shape index (κ2) is 6.65. The molecule has 1 saturated carbocycles. The fourth-order valence-corrected chi connectivity index (χ4v) is 2.79. The molecule has 0 radical (unpaired) electrons. The van der Waals surface area contributed by atoms with Crippen LogP contribution in [0, 0.1) is 5.92 Å². The molecule has 1 aliphatic carbocycles. The lowest BCUT2D eigenvalue weighted by atomic mass is 10.0. The Labute approximate surface area is 131 Å². The number of hydrogen-bond donors (Lipinski definition) is 2. The molecule has 3 heteroatoms. The highest BCUT2D eigenvalue weighted by atomic mass is 16.3. The molecule has 1 amide bonds. The van der Waals surface area contributed by atoms with Crippen molar-refractivity contribution in [3.05, 3.63) is 65.7 Å². The molecule has 2 aromatic rings. The summed E-state index contributed by atoms with van der Waals surface area (Å²) < 4.78 is 0. The Kier molecular flexibility index (Phi) is 4.42. The molecule has 2 N–H and O–H groups in total. The zero-order valence-electron chi connectivity index (χ0n) is 12.5. The summed E-state index contributed by atoms with van der Waals surface area (Å²) in [4.78, 5) is 12.3. The number of carbonyl (C=O) groups excluding carboxylic acids is 1. The third kappa shape index (κ3) is 3.88. The van der Waals surface area contributed by atoms with Crippen LogP contribution in [0.25, 0.3) is 0 Å². The van der Waals surface area contributed by atoms with E-state index in [-0.39, 0.29) is 24.1 Å². The van der Waals surface area contributed by atoms with E-state index in [9.17, 15) is 9.90 Å². The van der Waals surface area contributed by atoms with Gasteiger partial charge in [0, 0.05) is 11.6 Å². The number of phenols is 1. The number of aromatic hydroxyl groups is 1. The van der Waals surface area contributed by atoms with E-state index < -0.39 is 0 Å². The molecule has 1 aliphatic rings. The van der Waals surface area contributed by atoms with E-state index in [2.05, 4.69) is 17.4 Å². The van der Waals surface area contributed by atoms with Crippen molar-refractivity contribution < 1.29 is 9.90 Å². The zero-order valence-corrected chi connectivity index (χ0v) is 12.5. The summed E-state index contributed by atoms with van der Waals surface area (Å²) in [5, 5.41) is 12.9. The third-order valence-electron chi connectivity index (χ3n) is 4.18. The lowest BCUT2D eigenvalue weighted by Gasteiger charge is -2.18. The Balaban J connectivity index is 1.61. The molecule has 1 fully saturated rings. The van der Waals surface area contributed by atoms with Crippen LogP contribution in [0.5, 0.6) is 5.75 Å². The van der Waals surface area contributed by atoms with Gasteiger partial charge in [-0.3, -0.25) is 4.79 Å². The average Bonchev–Trinajstić information content (AvgIpc) is 3.35. The molecule has 22 heavy (non-hydrogen) atoms. The molecule has 0 aliphatic heterocycles. The molecule has 0 unspecified atom stereocenters. The van der Waals surface area contributed by atoms with Gasteiger partial charge in [-0.1, -0.05) is 48.5 Å². The van der Waals surface area contributed by atoms with Gasteiger partial charge >= 0.3 is 0 Å². The maximum absolute atomic E-state index is 12.3. The summed E-state index contributed by atoms with van der Waals surface area (Å²) in [6, 6.07) is 17.5. The molecule has 0 heterocycles. The Hall–Kier alpha value is -2.29. The van der Waals surface area contributed by atoms with Gasteiger partial charge < -0.3 is 10.4 Å². The number of para-hydroxylation sites is 1. The second-order valence-electron chi connectivity index (χ2n) is 6.01. The average molecular weight is 295 g/mol. The van der Waals surface area contributed by atoms with Crippen molar-refractivity contribution in [1.82, 2.24) is 5.32 Å². The van der Waals surface area contributed by atoms with Crippen LogP contribution in [-0.4, -0.2) is 17.1 Å². The summed E-state index contributed by atoms with van der Waals surface area (Å²) in [7, 11) is 0. The minimum absolute atomic E-state index is 0.0191. The number of nitrogens with one attached hydrogen (secondary N) is 1. The number of benzene rings is 2. The van der Waals surface area contributed by atoms with E-state index in [1.54, 1.807) is 18.2 Å². The summed E-state index contributed by atoms with van der Waals surface area (Å²) in [6.45, 7) is 0. The topological polar surface area (TPSA) is 49.3 Å². The van der Waals surface area contributed by atoms with Crippen LogP contribution < -0.4 is 5.32 Å². The Morgan fingerprint density at radius 1 is 1.09 bits per heavy atom. The van der Waals surface area contributed by atoms with Crippen LogP contribution in [0.15, 0.2) is 54.6 Å². The van der Waals surface area contributed by atoms with E-state index in [4.69, 9.17) is 0 Å². The van der Waals surface area contributed by atoms with Crippen LogP contribution in [0.4, 0.5) is 0 Å². The van der Waals surface area contributed by atoms with Gasteiger partial charge in [0.25, 0.3) is 0 Å². The van der Waals surface area contributed by atoms with Crippen LogP contribution in [0.3, 0.4) is 0 Å². The first-order chi connectivity index (χ1) is 10.7. The van der Waals surface area contributed by atoms with Gasteiger partial charge in [0.15, 0.2) is 0 Å². The molecule has 1 atom stereocenters. The fraction of sp³-hybridized carbons (Fsp3) is 0.316. The van der Waals surface area contributed by atoms with E-state index in [0.29, 0.717) is 11.5 Å². The molecule has 114 valence electrons. The molecule has 0 bridgehead atoms. The van der Waals surface area contributed by atoms with Gasteiger partial charge in [-0.25, -0.2) is 0 Å². The van der Waals surface area contributed by atoms with Crippen LogP contribution in [0.1, 0.15) is 24.0 Å². The number of rotatable bonds is 6. The summed E-state index contributed by atoms with van der Waals surface area (Å²) in [5.74, 6) is 0.756. The minimum atomic E-state index is -0.0191. The van der Waals surface area contributed by atoms with E-state index in [0.717, 1.165) is 6.42 Å². The Morgan fingerprint density at radius 3 is 2.45 bits per heavy atom. The monoisotopic (exact) mass is 295 g/mol. The molecule has 3 rings (SSSR count). The van der Waals surface area contributed by atoms with Gasteiger partial charge in [0.1, 0.15) is 5.75 Å². The van der Waals surface area contributed by atoms with Crippen molar-refractivity contribution in [2.24, 2.45) is 5.92 Å². The zero-order chi connectivity index (χ0) is 15.4. The summed E-state index contributed by atoms with van der Waals surface area (Å²) >= 11 is 0. The third-order valence-corrected chi connectivity index (χ3v) is 4.18. The molecular formula is C19H21NO2. The molecular weight excluding hydrogens is 274 g/mol. The smallest absolute Gasteiger partial charge is 0.224 e. The van der Waals surface area contributed by atoms with Gasteiger partial charge in [-0.15, -0.1) is 0 Å². The quantitative estimate of drug-likeness (QED) is 0.860.